The Hall–Kier alpha value is -0.660. The van der Waals surface area contributed by atoms with E-state index in [1.807, 2.05) is 13.8 Å². The molecule has 1 fully saturated rings. The van der Waals surface area contributed by atoms with E-state index in [2.05, 4.69) is 0 Å². The van der Waals surface area contributed by atoms with Crippen molar-refractivity contribution in [3.8, 4) is 0 Å². The zero-order valence-electron chi connectivity index (χ0n) is 7.96. The molecule has 68 valence electrons. The molecule has 2 heteroatoms. The Bertz CT molecular complexity index is 206. The van der Waals surface area contributed by atoms with Gasteiger partial charge in [-0.2, -0.15) is 0 Å². The lowest BCUT2D eigenvalue weighted by Gasteiger charge is -2.34. The van der Waals surface area contributed by atoms with Crippen molar-refractivity contribution in [2.45, 2.75) is 33.6 Å². The van der Waals surface area contributed by atoms with Crippen LogP contribution < -0.4 is 0 Å². The molecule has 0 heterocycles. The molecule has 0 unspecified atom stereocenters. The van der Waals surface area contributed by atoms with Crippen molar-refractivity contribution in [1.82, 2.24) is 0 Å². The van der Waals surface area contributed by atoms with Crippen molar-refractivity contribution in [3.05, 3.63) is 0 Å². The Balaban J connectivity index is 2.55. The van der Waals surface area contributed by atoms with Crippen LogP contribution in [0.3, 0.4) is 0 Å². The Morgan fingerprint density at radius 1 is 1.17 bits per heavy atom. The molecule has 0 aromatic heterocycles. The highest BCUT2D eigenvalue weighted by atomic mass is 16.1. The highest BCUT2D eigenvalue weighted by Gasteiger charge is 2.39. The summed E-state index contributed by atoms with van der Waals surface area (Å²) in [6, 6.07) is 0. The second-order valence-electron chi connectivity index (χ2n) is 3.96. The quantitative estimate of drug-likeness (QED) is 0.644. The first-order valence-electron chi connectivity index (χ1n) is 4.58. The average Bonchev–Trinajstić information content (AvgIpc) is 1.82. The van der Waals surface area contributed by atoms with Crippen LogP contribution in [-0.2, 0) is 9.59 Å². The van der Waals surface area contributed by atoms with Crippen LogP contribution in [0.1, 0.15) is 33.6 Å². The molecule has 1 saturated carbocycles. The molecule has 0 spiro atoms. The van der Waals surface area contributed by atoms with Gasteiger partial charge in [0.05, 0.1) is 0 Å². The molecule has 0 N–H and O–H groups in total. The lowest BCUT2D eigenvalue weighted by atomic mass is 9.67. The molecule has 2 nitrogen and oxygen atoms in total. The van der Waals surface area contributed by atoms with Gasteiger partial charge in [0, 0.05) is 17.8 Å². The number of carbonyl (C=O) groups excluding carboxylic acids is 2. The molecule has 0 bridgehead atoms. The third-order valence-electron chi connectivity index (χ3n) is 2.73. The van der Waals surface area contributed by atoms with Gasteiger partial charge in [-0.1, -0.05) is 13.8 Å². The summed E-state index contributed by atoms with van der Waals surface area (Å²) in [5.74, 6) is 0.612. The highest BCUT2D eigenvalue weighted by molar-refractivity contribution is 5.91. The van der Waals surface area contributed by atoms with Gasteiger partial charge in [0.1, 0.15) is 11.6 Å². The van der Waals surface area contributed by atoms with E-state index in [0.29, 0.717) is 0 Å². The predicted molar refractivity (Wildman–Crippen MR) is 46.7 cm³/mol. The molecule has 1 aliphatic rings. The van der Waals surface area contributed by atoms with Gasteiger partial charge in [-0.05, 0) is 19.8 Å². The zero-order valence-corrected chi connectivity index (χ0v) is 7.96. The Labute approximate surface area is 73.3 Å². The van der Waals surface area contributed by atoms with Crippen molar-refractivity contribution in [2.24, 2.45) is 17.8 Å². The molecule has 0 saturated heterocycles. The molecule has 0 amide bonds. The van der Waals surface area contributed by atoms with Crippen LogP contribution in [0.4, 0.5) is 0 Å². The summed E-state index contributed by atoms with van der Waals surface area (Å²) < 4.78 is 0. The number of Topliss-reactive ketones (excluding diaryl/α,β-unsaturated/α-hetero) is 2. The minimum atomic E-state index is 0.0416. The summed E-state index contributed by atoms with van der Waals surface area (Å²) in [4.78, 5) is 22.5. The van der Waals surface area contributed by atoms with E-state index in [4.69, 9.17) is 0 Å². The third kappa shape index (κ3) is 1.57. The predicted octanol–water partition coefficient (Wildman–Crippen LogP) is 1.83. The van der Waals surface area contributed by atoms with Gasteiger partial charge in [0.25, 0.3) is 0 Å². The van der Waals surface area contributed by atoms with Gasteiger partial charge < -0.3 is 0 Å². The molecule has 12 heavy (non-hydrogen) atoms. The number of ketones is 2. The Morgan fingerprint density at radius 2 is 1.67 bits per heavy atom. The Morgan fingerprint density at radius 3 is 1.92 bits per heavy atom. The summed E-state index contributed by atoms with van der Waals surface area (Å²) in [5.41, 5.74) is 0. The molecule has 0 radical (unpaired) electrons. The monoisotopic (exact) mass is 168 g/mol. The van der Waals surface area contributed by atoms with Gasteiger partial charge in [0.15, 0.2) is 0 Å². The van der Waals surface area contributed by atoms with E-state index in [-0.39, 0.29) is 29.3 Å². The van der Waals surface area contributed by atoms with Gasteiger partial charge in [-0.25, -0.2) is 0 Å². The topological polar surface area (TPSA) is 34.1 Å². The van der Waals surface area contributed by atoms with Gasteiger partial charge in [-0.15, -0.1) is 0 Å². The summed E-state index contributed by atoms with van der Waals surface area (Å²) >= 11 is 0. The smallest absolute Gasteiger partial charge is 0.139 e. The molecule has 1 aliphatic carbocycles. The van der Waals surface area contributed by atoms with Crippen molar-refractivity contribution in [2.75, 3.05) is 0 Å². The Kier molecular flexibility index (Phi) is 2.65. The van der Waals surface area contributed by atoms with E-state index >= 15 is 0 Å². The first-order valence-corrected chi connectivity index (χ1v) is 4.58. The molecule has 0 aromatic rings. The highest BCUT2D eigenvalue weighted by Crippen LogP contribution is 2.36. The van der Waals surface area contributed by atoms with Crippen LogP contribution >= 0.6 is 0 Å². The van der Waals surface area contributed by atoms with Crippen molar-refractivity contribution >= 4 is 11.6 Å². The third-order valence-corrected chi connectivity index (χ3v) is 2.73. The second kappa shape index (κ2) is 3.38. The fourth-order valence-corrected chi connectivity index (χ4v) is 1.76. The largest absolute Gasteiger partial charge is 0.300 e. The first kappa shape index (κ1) is 9.43. The van der Waals surface area contributed by atoms with Crippen molar-refractivity contribution in [1.29, 1.82) is 0 Å². The number of hydrogen-bond acceptors (Lipinski definition) is 2. The lowest BCUT2D eigenvalue weighted by Crippen LogP contribution is -2.39. The van der Waals surface area contributed by atoms with E-state index < -0.39 is 0 Å². The lowest BCUT2D eigenvalue weighted by molar-refractivity contribution is -0.138. The van der Waals surface area contributed by atoms with Crippen LogP contribution in [0.2, 0.25) is 0 Å². The summed E-state index contributed by atoms with van der Waals surface area (Å²) in [5, 5.41) is 0. The fraction of sp³-hybridized carbons (Fsp3) is 0.800. The maximum Gasteiger partial charge on any atom is 0.139 e. The van der Waals surface area contributed by atoms with Crippen LogP contribution in [0.25, 0.3) is 0 Å². The zero-order chi connectivity index (χ0) is 9.30. The second-order valence-corrected chi connectivity index (χ2v) is 3.96. The number of rotatable bonds is 3. The standard InChI is InChI=1S/C10H16O2/c1-6(2)10(12)9-5-4-8(9)7(3)11/h6,8-9H,4-5H2,1-3H3/t8-,9+/m0/s1. The molecular weight excluding hydrogens is 152 g/mol. The first-order chi connectivity index (χ1) is 5.54. The molecule has 0 aliphatic heterocycles. The molecule has 0 aromatic carbocycles. The van der Waals surface area contributed by atoms with Gasteiger partial charge in [-0.3, -0.25) is 9.59 Å². The van der Waals surface area contributed by atoms with Crippen LogP contribution in [0.15, 0.2) is 0 Å². The van der Waals surface area contributed by atoms with E-state index in [9.17, 15) is 9.59 Å². The number of hydrogen-bond donors (Lipinski definition) is 0. The summed E-state index contributed by atoms with van der Waals surface area (Å²) in [6.07, 6.45) is 1.83. The molecule has 1 rings (SSSR count). The van der Waals surface area contributed by atoms with Crippen LogP contribution in [0.5, 0.6) is 0 Å². The van der Waals surface area contributed by atoms with Crippen molar-refractivity contribution in [3.63, 3.8) is 0 Å². The maximum atomic E-state index is 11.5. The molecule has 2 atom stereocenters. The summed E-state index contributed by atoms with van der Waals surface area (Å²) in [7, 11) is 0. The van der Waals surface area contributed by atoms with Crippen LogP contribution in [0, 0.1) is 17.8 Å². The fourth-order valence-electron chi connectivity index (χ4n) is 1.76. The van der Waals surface area contributed by atoms with E-state index in [0.717, 1.165) is 12.8 Å². The minimum Gasteiger partial charge on any atom is -0.300 e. The van der Waals surface area contributed by atoms with E-state index in [1.54, 1.807) is 6.92 Å². The van der Waals surface area contributed by atoms with Gasteiger partial charge in [0.2, 0.25) is 0 Å². The summed E-state index contributed by atoms with van der Waals surface area (Å²) in [6.45, 7) is 5.39. The van der Waals surface area contributed by atoms with E-state index in [1.165, 1.54) is 0 Å². The normalized spacial score (nSPS) is 28.3. The SMILES string of the molecule is CC(=O)[C@@H]1CC[C@H]1C(=O)C(C)C. The van der Waals surface area contributed by atoms with Gasteiger partial charge >= 0.3 is 0 Å². The average molecular weight is 168 g/mol. The maximum absolute atomic E-state index is 11.5. The number of carbonyl (C=O) groups is 2. The molecular formula is C10H16O2. The van der Waals surface area contributed by atoms with Crippen LogP contribution in [-0.4, -0.2) is 11.6 Å². The van der Waals surface area contributed by atoms with Crippen molar-refractivity contribution < 1.29 is 9.59 Å². The minimum absolute atomic E-state index is 0.0416.